The predicted molar refractivity (Wildman–Crippen MR) is 73.2 cm³/mol. The summed E-state index contributed by atoms with van der Waals surface area (Å²) in [4.78, 5) is 4.20. The van der Waals surface area contributed by atoms with Gasteiger partial charge < -0.3 is 9.47 Å². The van der Waals surface area contributed by atoms with Gasteiger partial charge in [0.2, 0.25) is 0 Å². The Morgan fingerprint density at radius 2 is 1.50 bits per heavy atom. The zero-order valence-corrected chi connectivity index (χ0v) is 11.3. The molecule has 2 rings (SSSR count). The monoisotopic (exact) mass is 245 g/mol. The van der Waals surface area contributed by atoms with Crippen LogP contribution in [0.2, 0.25) is 0 Å². The van der Waals surface area contributed by atoms with E-state index in [0.717, 1.165) is 5.56 Å². The Bertz CT molecular complexity index is 455. The third kappa shape index (κ3) is 2.55. The van der Waals surface area contributed by atoms with Gasteiger partial charge in [0.25, 0.3) is 0 Å². The highest BCUT2D eigenvalue weighted by molar-refractivity contribution is 5.72. The first-order valence-electron chi connectivity index (χ1n) is 6.08. The van der Waals surface area contributed by atoms with Crippen molar-refractivity contribution in [3.05, 3.63) is 42.1 Å². The van der Waals surface area contributed by atoms with Crippen LogP contribution in [0.4, 0.5) is 0 Å². The van der Waals surface area contributed by atoms with E-state index in [2.05, 4.69) is 4.99 Å². The topological polar surface area (TPSA) is 30.8 Å². The summed E-state index contributed by atoms with van der Waals surface area (Å²) in [5.74, 6) is 0. The number of hydrogen-bond acceptors (Lipinski definition) is 3. The molecule has 0 amide bonds. The highest BCUT2D eigenvalue weighted by Gasteiger charge is 2.49. The number of nitrogens with zero attached hydrogens (tertiary/aromatic N) is 1. The molecule has 0 radical (unpaired) electrons. The minimum atomic E-state index is -0.369. The third-order valence-corrected chi connectivity index (χ3v) is 3.38. The zero-order valence-electron chi connectivity index (χ0n) is 11.3. The maximum atomic E-state index is 5.68. The fourth-order valence-electron chi connectivity index (χ4n) is 1.50. The van der Waals surface area contributed by atoms with E-state index >= 15 is 0 Å². The molecule has 0 aromatic heterocycles. The van der Waals surface area contributed by atoms with Gasteiger partial charge in [-0.3, -0.25) is 0 Å². The lowest BCUT2D eigenvalue weighted by Gasteiger charge is -2.28. The zero-order chi connectivity index (χ0) is 13.2. The number of rotatable bonds is 2. The number of benzene rings is 1. The molecule has 1 heterocycles. The maximum Gasteiger partial charge on any atom is 0.389 e. The fraction of sp³-hybridized carbons (Fsp3) is 0.400. The van der Waals surface area contributed by atoms with Gasteiger partial charge in [-0.25, -0.2) is 0 Å². The van der Waals surface area contributed by atoms with Crippen molar-refractivity contribution in [3.8, 4) is 0 Å². The van der Waals surface area contributed by atoms with E-state index in [9.17, 15) is 0 Å². The van der Waals surface area contributed by atoms with Gasteiger partial charge in [0.05, 0.1) is 0 Å². The molecule has 1 aliphatic heterocycles. The molecule has 0 unspecified atom stereocenters. The summed E-state index contributed by atoms with van der Waals surface area (Å²) in [7, 11) is 0. The van der Waals surface area contributed by atoms with Crippen molar-refractivity contribution >= 4 is 12.2 Å². The van der Waals surface area contributed by atoms with Crippen molar-refractivity contribution in [2.75, 3.05) is 0 Å². The van der Waals surface area contributed by atoms with Crippen LogP contribution in [0.5, 0.6) is 0 Å². The summed E-state index contributed by atoms with van der Waals surface area (Å²) in [5.41, 5.74) is 0.358. The molecule has 1 aromatic rings. The van der Waals surface area contributed by atoms with E-state index in [4.69, 9.17) is 9.47 Å². The van der Waals surface area contributed by atoms with E-state index < -0.39 is 0 Å². The lowest BCUT2D eigenvalue weighted by atomic mass is 9.90. The van der Waals surface area contributed by atoms with Crippen molar-refractivity contribution in [1.29, 1.82) is 0 Å². The van der Waals surface area contributed by atoms with E-state index in [-0.39, 0.29) is 11.2 Å². The molecule has 1 fully saturated rings. The number of aliphatic imine (C=N–C) groups is 1. The van der Waals surface area contributed by atoms with Crippen molar-refractivity contribution in [2.24, 2.45) is 4.99 Å². The normalized spacial score (nSPS) is 20.6. The summed E-state index contributed by atoms with van der Waals surface area (Å²) < 4.78 is 11.4. The molecule has 96 valence electrons. The van der Waals surface area contributed by atoms with Crippen LogP contribution < -0.4 is 0 Å². The van der Waals surface area contributed by atoms with Gasteiger partial charge in [-0.05, 0) is 39.3 Å². The van der Waals surface area contributed by atoms with Crippen LogP contribution in [0, 0.1) is 0 Å². The fourth-order valence-corrected chi connectivity index (χ4v) is 1.50. The Morgan fingerprint density at radius 1 is 0.944 bits per heavy atom. The molecule has 1 saturated heterocycles. The largest absolute Gasteiger partial charge is 0.440 e. The Hall–Kier alpha value is -1.77. The van der Waals surface area contributed by atoms with Gasteiger partial charge in [0.1, 0.15) is 11.2 Å². The first kappa shape index (κ1) is 12.7. The summed E-state index contributed by atoms with van der Waals surface area (Å²) in [5, 5.41) is 0. The molecule has 0 atom stereocenters. The van der Waals surface area contributed by atoms with Crippen molar-refractivity contribution in [3.63, 3.8) is 0 Å². The van der Waals surface area contributed by atoms with Gasteiger partial charge in [-0.1, -0.05) is 30.3 Å². The minimum absolute atomic E-state index is 0.331. The van der Waals surface area contributed by atoms with E-state index in [1.165, 1.54) is 0 Å². The average molecular weight is 245 g/mol. The first-order valence-corrected chi connectivity index (χ1v) is 6.08. The van der Waals surface area contributed by atoms with E-state index in [1.807, 2.05) is 64.1 Å². The SMILES string of the molecule is CC1(C)OC(=N/C=C\c2ccccc2)OC1(C)C. The van der Waals surface area contributed by atoms with Gasteiger partial charge in [0.15, 0.2) is 0 Å². The van der Waals surface area contributed by atoms with Crippen LogP contribution in [-0.2, 0) is 9.47 Å². The summed E-state index contributed by atoms with van der Waals surface area (Å²) in [6.07, 6.45) is 3.94. The minimum Gasteiger partial charge on any atom is -0.440 e. The van der Waals surface area contributed by atoms with Gasteiger partial charge in [-0.2, -0.15) is 4.99 Å². The standard InChI is InChI=1S/C15H19NO2/c1-14(2)15(3,4)18-13(17-14)16-11-10-12-8-6-5-7-9-12/h5-11H,1-4H3/b11-10-. The Balaban J connectivity index is 2.07. The molecule has 1 aromatic carbocycles. The molecule has 18 heavy (non-hydrogen) atoms. The van der Waals surface area contributed by atoms with Crippen molar-refractivity contribution < 1.29 is 9.47 Å². The molecule has 3 nitrogen and oxygen atoms in total. The van der Waals surface area contributed by atoms with Crippen LogP contribution in [-0.4, -0.2) is 17.3 Å². The quantitative estimate of drug-likeness (QED) is 0.796. The molecule has 0 saturated carbocycles. The number of ether oxygens (including phenoxy) is 2. The molecular weight excluding hydrogens is 226 g/mol. The third-order valence-electron chi connectivity index (χ3n) is 3.38. The Morgan fingerprint density at radius 3 is 2.06 bits per heavy atom. The molecule has 0 bridgehead atoms. The second-order valence-electron chi connectivity index (χ2n) is 5.35. The maximum absolute atomic E-state index is 5.68. The summed E-state index contributed by atoms with van der Waals surface area (Å²) in [6, 6.07) is 9.99. The lowest BCUT2D eigenvalue weighted by Crippen LogP contribution is -2.41. The molecule has 3 heteroatoms. The molecule has 0 aliphatic carbocycles. The van der Waals surface area contributed by atoms with Crippen LogP contribution in [0.15, 0.2) is 41.5 Å². The van der Waals surface area contributed by atoms with Crippen LogP contribution in [0.25, 0.3) is 6.08 Å². The van der Waals surface area contributed by atoms with E-state index in [0.29, 0.717) is 6.08 Å². The molecule has 0 N–H and O–H groups in total. The van der Waals surface area contributed by atoms with Crippen LogP contribution in [0.3, 0.4) is 0 Å². The van der Waals surface area contributed by atoms with E-state index in [1.54, 1.807) is 6.20 Å². The summed E-state index contributed by atoms with van der Waals surface area (Å²) in [6.45, 7) is 7.99. The Kier molecular flexibility index (Phi) is 3.16. The van der Waals surface area contributed by atoms with Gasteiger partial charge >= 0.3 is 6.08 Å². The van der Waals surface area contributed by atoms with Crippen LogP contribution in [0.1, 0.15) is 33.3 Å². The predicted octanol–water partition coefficient (Wildman–Crippen LogP) is 3.62. The van der Waals surface area contributed by atoms with Crippen LogP contribution >= 0.6 is 0 Å². The van der Waals surface area contributed by atoms with Crippen molar-refractivity contribution in [1.82, 2.24) is 0 Å². The highest BCUT2D eigenvalue weighted by Crippen LogP contribution is 2.35. The van der Waals surface area contributed by atoms with Crippen molar-refractivity contribution in [2.45, 2.75) is 38.9 Å². The molecule has 0 spiro atoms. The summed E-state index contributed by atoms with van der Waals surface area (Å²) >= 11 is 0. The Labute approximate surface area is 108 Å². The van der Waals surface area contributed by atoms with Gasteiger partial charge in [0, 0.05) is 6.20 Å². The second-order valence-corrected chi connectivity index (χ2v) is 5.35. The number of hydrogen-bond donors (Lipinski definition) is 0. The lowest BCUT2D eigenvalue weighted by molar-refractivity contribution is 0.00578. The first-order chi connectivity index (χ1) is 8.41. The second kappa shape index (κ2) is 4.48. The molecular formula is C15H19NO2. The molecule has 1 aliphatic rings. The highest BCUT2D eigenvalue weighted by atomic mass is 16.7. The smallest absolute Gasteiger partial charge is 0.389 e. The average Bonchev–Trinajstić information content (AvgIpc) is 2.49. The van der Waals surface area contributed by atoms with Gasteiger partial charge in [-0.15, -0.1) is 0 Å².